The number of aliphatic hydroxyl groups is 1. The first kappa shape index (κ1) is 17.5. The Morgan fingerprint density at radius 2 is 2.00 bits per heavy atom. The average Bonchev–Trinajstić information content (AvgIpc) is 2.51. The van der Waals surface area contributed by atoms with Gasteiger partial charge in [-0.05, 0) is 38.5 Å². The fraction of sp³-hybridized carbons (Fsp3) is 0.474. The normalized spacial score (nSPS) is 22.8. The van der Waals surface area contributed by atoms with E-state index < -0.39 is 23.0 Å². The molecule has 0 bridgehead atoms. The topological polar surface area (TPSA) is 86.0 Å². The summed E-state index contributed by atoms with van der Waals surface area (Å²) in [6, 6.07) is 6.31. The maximum Gasteiger partial charge on any atom is 0.336 e. The lowest BCUT2D eigenvalue weighted by Gasteiger charge is -2.42. The minimum atomic E-state index is -1.94. The summed E-state index contributed by atoms with van der Waals surface area (Å²) in [4.78, 5) is 24.0. The van der Waals surface area contributed by atoms with Crippen LogP contribution in [-0.4, -0.2) is 16.7 Å². The standard InChI is InChI=1S/C19H22O6/c1-5-11(2)17(21)25-19(22)10-18(3,4)24-13-8-6-12-7-9-14(20)23-16(12)15(13)19/h6-9,11,22H,5,10H2,1-4H3. The summed E-state index contributed by atoms with van der Waals surface area (Å²) >= 11 is 0. The Morgan fingerprint density at radius 3 is 2.68 bits per heavy atom. The molecule has 0 spiro atoms. The summed E-state index contributed by atoms with van der Waals surface area (Å²) in [5, 5.41) is 11.9. The van der Waals surface area contributed by atoms with Crippen molar-refractivity contribution < 1.29 is 23.8 Å². The average molecular weight is 346 g/mol. The lowest BCUT2D eigenvalue weighted by molar-refractivity contribution is -0.241. The van der Waals surface area contributed by atoms with Gasteiger partial charge in [-0.1, -0.05) is 13.8 Å². The summed E-state index contributed by atoms with van der Waals surface area (Å²) in [5.74, 6) is -2.48. The van der Waals surface area contributed by atoms with Gasteiger partial charge in [0, 0.05) is 11.5 Å². The highest BCUT2D eigenvalue weighted by Gasteiger charge is 2.49. The Hall–Kier alpha value is -2.34. The van der Waals surface area contributed by atoms with Crippen LogP contribution in [0.2, 0.25) is 0 Å². The minimum absolute atomic E-state index is 0.0207. The first-order valence-corrected chi connectivity index (χ1v) is 8.37. The third-order valence-electron chi connectivity index (χ3n) is 4.48. The van der Waals surface area contributed by atoms with Crippen molar-refractivity contribution in [2.24, 2.45) is 5.92 Å². The van der Waals surface area contributed by atoms with Crippen LogP contribution in [0.5, 0.6) is 5.75 Å². The lowest BCUT2D eigenvalue weighted by atomic mass is 9.87. The predicted octanol–water partition coefficient (Wildman–Crippen LogP) is 3.09. The largest absolute Gasteiger partial charge is 0.487 e. The van der Waals surface area contributed by atoms with Gasteiger partial charge >= 0.3 is 11.6 Å². The number of rotatable bonds is 3. The number of esters is 1. The van der Waals surface area contributed by atoms with Crippen LogP contribution in [0.3, 0.4) is 0 Å². The van der Waals surface area contributed by atoms with Crippen LogP contribution in [-0.2, 0) is 15.3 Å². The van der Waals surface area contributed by atoms with E-state index in [0.29, 0.717) is 17.6 Å². The first-order valence-electron chi connectivity index (χ1n) is 8.37. The van der Waals surface area contributed by atoms with Crippen molar-refractivity contribution in [3.8, 4) is 5.75 Å². The van der Waals surface area contributed by atoms with Crippen molar-refractivity contribution in [2.45, 2.75) is 51.9 Å². The van der Waals surface area contributed by atoms with Crippen molar-refractivity contribution in [3.63, 3.8) is 0 Å². The second-order valence-corrected chi connectivity index (χ2v) is 7.16. The highest BCUT2D eigenvalue weighted by Crippen LogP contribution is 2.47. The van der Waals surface area contributed by atoms with Gasteiger partial charge in [-0.25, -0.2) is 4.79 Å². The quantitative estimate of drug-likeness (QED) is 0.522. The molecule has 1 aliphatic heterocycles. The van der Waals surface area contributed by atoms with Crippen molar-refractivity contribution in [1.29, 1.82) is 0 Å². The van der Waals surface area contributed by atoms with Crippen LogP contribution in [0.4, 0.5) is 0 Å². The van der Waals surface area contributed by atoms with Crippen LogP contribution in [0.25, 0.3) is 11.0 Å². The van der Waals surface area contributed by atoms with Gasteiger partial charge in [0.15, 0.2) is 5.58 Å². The Kier molecular flexibility index (Phi) is 4.11. The van der Waals surface area contributed by atoms with Gasteiger partial charge in [-0.15, -0.1) is 0 Å². The second-order valence-electron chi connectivity index (χ2n) is 7.16. The predicted molar refractivity (Wildman–Crippen MR) is 91.3 cm³/mol. The highest BCUT2D eigenvalue weighted by molar-refractivity contribution is 5.84. The van der Waals surface area contributed by atoms with Gasteiger partial charge in [0.25, 0.3) is 0 Å². The molecule has 2 atom stereocenters. The molecule has 0 radical (unpaired) electrons. The molecule has 0 amide bonds. The van der Waals surface area contributed by atoms with Gasteiger partial charge in [0.05, 0.1) is 12.3 Å². The summed E-state index contributed by atoms with van der Waals surface area (Å²) in [5.41, 5.74) is -0.972. The SMILES string of the molecule is CCC(C)C(=O)OC1(O)CC(C)(C)Oc2ccc3ccc(=O)oc3c21. The third-order valence-corrected chi connectivity index (χ3v) is 4.48. The Labute approximate surface area is 145 Å². The molecule has 2 heterocycles. The van der Waals surface area contributed by atoms with E-state index in [1.54, 1.807) is 39.0 Å². The van der Waals surface area contributed by atoms with Crippen molar-refractivity contribution >= 4 is 16.9 Å². The molecule has 0 saturated heterocycles. The number of carbonyl (C=O) groups excluding carboxylic acids is 1. The number of fused-ring (bicyclic) bond motifs is 3. The Balaban J connectivity index is 2.22. The summed E-state index contributed by atoms with van der Waals surface area (Å²) in [6.45, 7) is 7.19. The molecule has 1 aliphatic rings. The Morgan fingerprint density at radius 1 is 1.32 bits per heavy atom. The first-order chi connectivity index (χ1) is 11.6. The fourth-order valence-electron chi connectivity index (χ4n) is 3.09. The van der Waals surface area contributed by atoms with Crippen LogP contribution < -0.4 is 10.4 Å². The van der Waals surface area contributed by atoms with Crippen molar-refractivity contribution in [3.05, 3.63) is 40.2 Å². The molecule has 3 rings (SSSR count). The van der Waals surface area contributed by atoms with E-state index in [0.717, 1.165) is 0 Å². The summed E-state index contributed by atoms with van der Waals surface area (Å²) < 4.78 is 16.7. The van der Waals surface area contributed by atoms with E-state index in [1.165, 1.54) is 6.07 Å². The van der Waals surface area contributed by atoms with E-state index in [4.69, 9.17) is 13.9 Å². The third kappa shape index (κ3) is 3.14. The van der Waals surface area contributed by atoms with E-state index in [1.807, 2.05) is 6.92 Å². The molecule has 0 saturated carbocycles. The van der Waals surface area contributed by atoms with E-state index in [2.05, 4.69) is 0 Å². The molecule has 0 aliphatic carbocycles. The molecule has 1 N–H and O–H groups in total. The molecular weight excluding hydrogens is 324 g/mol. The lowest BCUT2D eigenvalue weighted by Crippen LogP contribution is -2.47. The minimum Gasteiger partial charge on any atom is -0.487 e. The van der Waals surface area contributed by atoms with Crippen molar-refractivity contribution in [2.75, 3.05) is 0 Å². The van der Waals surface area contributed by atoms with Crippen LogP contribution >= 0.6 is 0 Å². The molecule has 2 unspecified atom stereocenters. The maximum absolute atomic E-state index is 12.4. The molecule has 25 heavy (non-hydrogen) atoms. The van der Waals surface area contributed by atoms with Gasteiger partial charge < -0.3 is 19.0 Å². The van der Waals surface area contributed by atoms with Crippen LogP contribution in [0, 0.1) is 5.92 Å². The molecule has 134 valence electrons. The molecule has 6 heteroatoms. The molecule has 2 aromatic rings. The molecule has 0 fully saturated rings. The molecular formula is C19H22O6. The van der Waals surface area contributed by atoms with Crippen molar-refractivity contribution in [1.82, 2.24) is 0 Å². The van der Waals surface area contributed by atoms with Gasteiger partial charge in [-0.3, -0.25) is 4.79 Å². The number of hydrogen-bond acceptors (Lipinski definition) is 6. The Bertz CT molecular complexity index is 881. The van der Waals surface area contributed by atoms with E-state index >= 15 is 0 Å². The van der Waals surface area contributed by atoms with E-state index in [-0.39, 0.29) is 23.5 Å². The smallest absolute Gasteiger partial charge is 0.336 e. The summed E-state index contributed by atoms with van der Waals surface area (Å²) in [6.07, 6.45) is 0.610. The van der Waals surface area contributed by atoms with E-state index in [9.17, 15) is 14.7 Å². The van der Waals surface area contributed by atoms with Gasteiger partial charge in [0.2, 0.25) is 5.79 Å². The highest BCUT2D eigenvalue weighted by atomic mass is 16.7. The molecule has 6 nitrogen and oxygen atoms in total. The number of ether oxygens (including phenoxy) is 2. The molecule has 1 aromatic heterocycles. The number of hydrogen-bond donors (Lipinski definition) is 1. The molecule has 1 aromatic carbocycles. The monoisotopic (exact) mass is 346 g/mol. The summed E-state index contributed by atoms with van der Waals surface area (Å²) in [7, 11) is 0. The fourth-order valence-corrected chi connectivity index (χ4v) is 3.09. The number of benzene rings is 1. The number of carbonyl (C=O) groups is 1. The van der Waals surface area contributed by atoms with Gasteiger partial charge in [0.1, 0.15) is 16.9 Å². The van der Waals surface area contributed by atoms with Crippen LogP contribution in [0.1, 0.15) is 46.1 Å². The zero-order valence-electron chi connectivity index (χ0n) is 14.8. The van der Waals surface area contributed by atoms with Gasteiger partial charge in [-0.2, -0.15) is 0 Å². The maximum atomic E-state index is 12.4. The van der Waals surface area contributed by atoms with Crippen LogP contribution in [0.15, 0.2) is 33.5 Å². The zero-order chi connectivity index (χ0) is 18.4. The zero-order valence-corrected chi connectivity index (χ0v) is 14.8. The second kappa shape index (κ2) is 5.88.